The minimum absolute atomic E-state index is 0.0404. The minimum Gasteiger partial charge on any atom is -0.497 e. The Kier molecular flexibility index (Phi) is 4.95. The van der Waals surface area contributed by atoms with Crippen molar-refractivity contribution >= 4 is 5.78 Å². The van der Waals surface area contributed by atoms with E-state index in [1.54, 1.807) is 43.3 Å². The molecule has 0 aliphatic heterocycles. The summed E-state index contributed by atoms with van der Waals surface area (Å²) in [5, 5.41) is 8.72. The van der Waals surface area contributed by atoms with Gasteiger partial charge in [-0.15, -0.1) is 0 Å². The molecule has 0 saturated heterocycles. The average Bonchev–Trinajstić information content (AvgIpc) is 2.29. The van der Waals surface area contributed by atoms with Crippen LogP contribution in [0.25, 0.3) is 0 Å². The highest BCUT2D eigenvalue weighted by Gasteiger charge is 2.08. The largest absolute Gasteiger partial charge is 0.497 e. The van der Waals surface area contributed by atoms with Crippen LogP contribution >= 0.6 is 0 Å². The molecule has 0 atom stereocenters. The maximum Gasteiger partial charge on any atom is 0.176 e. The molecule has 0 amide bonds. The molecule has 0 fully saturated rings. The zero-order valence-corrected chi connectivity index (χ0v) is 9.64. The van der Waals surface area contributed by atoms with E-state index in [-0.39, 0.29) is 12.4 Å². The maximum absolute atomic E-state index is 11.8. The normalized spacial score (nSPS) is 10.5. The number of Topliss-reactive ketones (excluding diaryl/α,β-unsaturated/α-hetero) is 1. The number of hydrogen-bond donors (Lipinski definition) is 1. The van der Waals surface area contributed by atoms with Crippen molar-refractivity contribution in [1.82, 2.24) is 4.90 Å². The summed E-state index contributed by atoms with van der Waals surface area (Å²) >= 11 is 0. The Hall–Kier alpha value is -1.39. The molecule has 1 rings (SSSR count). The van der Waals surface area contributed by atoms with Crippen LogP contribution in [-0.4, -0.2) is 49.6 Å². The van der Waals surface area contributed by atoms with Gasteiger partial charge in [-0.05, 0) is 31.3 Å². The van der Waals surface area contributed by atoms with E-state index < -0.39 is 0 Å². The molecule has 1 aromatic rings. The number of nitrogens with zero attached hydrogens (tertiary/aromatic N) is 1. The van der Waals surface area contributed by atoms with E-state index in [0.29, 0.717) is 18.7 Å². The van der Waals surface area contributed by atoms with Crippen LogP contribution in [0.3, 0.4) is 0 Å². The lowest BCUT2D eigenvalue weighted by molar-refractivity contribution is 0.0935. The predicted molar refractivity (Wildman–Crippen MR) is 61.9 cm³/mol. The number of methoxy groups -OCH3 is 1. The molecule has 0 radical (unpaired) electrons. The smallest absolute Gasteiger partial charge is 0.176 e. The van der Waals surface area contributed by atoms with Crippen molar-refractivity contribution < 1.29 is 14.6 Å². The van der Waals surface area contributed by atoms with Gasteiger partial charge in [-0.3, -0.25) is 9.69 Å². The van der Waals surface area contributed by atoms with Crippen LogP contribution < -0.4 is 4.74 Å². The first kappa shape index (κ1) is 12.7. The van der Waals surface area contributed by atoms with Gasteiger partial charge in [0, 0.05) is 12.1 Å². The Labute approximate surface area is 95.5 Å². The summed E-state index contributed by atoms with van der Waals surface area (Å²) in [7, 11) is 3.39. The molecule has 0 spiro atoms. The van der Waals surface area contributed by atoms with E-state index in [4.69, 9.17) is 9.84 Å². The van der Waals surface area contributed by atoms with Gasteiger partial charge < -0.3 is 9.84 Å². The van der Waals surface area contributed by atoms with Crippen LogP contribution in [0.2, 0.25) is 0 Å². The van der Waals surface area contributed by atoms with Gasteiger partial charge in [0.15, 0.2) is 5.78 Å². The molecule has 0 saturated carbocycles. The summed E-state index contributed by atoms with van der Waals surface area (Å²) in [6.45, 7) is 0.876. The van der Waals surface area contributed by atoms with Gasteiger partial charge in [0.05, 0.1) is 20.3 Å². The first-order valence-electron chi connectivity index (χ1n) is 5.14. The first-order chi connectivity index (χ1) is 7.67. The number of ketones is 1. The average molecular weight is 223 g/mol. The van der Waals surface area contributed by atoms with Crippen molar-refractivity contribution in [2.45, 2.75) is 0 Å². The van der Waals surface area contributed by atoms with Crippen LogP contribution in [-0.2, 0) is 0 Å². The number of hydrogen-bond acceptors (Lipinski definition) is 4. The number of aliphatic hydroxyl groups excluding tert-OH is 1. The molecule has 0 heterocycles. The monoisotopic (exact) mass is 223 g/mol. The second-order valence-electron chi connectivity index (χ2n) is 3.61. The number of carbonyl (C=O) groups is 1. The quantitative estimate of drug-likeness (QED) is 0.725. The molecule has 88 valence electrons. The summed E-state index contributed by atoms with van der Waals surface area (Å²) in [4.78, 5) is 13.5. The summed E-state index contributed by atoms with van der Waals surface area (Å²) in [6, 6.07) is 7.01. The molecular weight excluding hydrogens is 206 g/mol. The van der Waals surface area contributed by atoms with Crippen LogP contribution in [0.4, 0.5) is 0 Å². The third-order valence-electron chi connectivity index (χ3n) is 2.31. The zero-order chi connectivity index (χ0) is 12.0. The Morgan fingerprint density at radius 3 is 2.50 bits per heavy atom. The van der Waals surface area contributed by atoms with Gasteiger partial charge in [-0.25, -0.2) is 0 Å². The van der Waals surface area contributed by atoms with Crippen molar-refractivity contribution in [1.29, 1.82) is 0 Å². The maximum atomic E-state index is 11.8. The third kappa shape index (κ3) is 3.64. The van der Waals surface area contributed by atoms with Crippen molar-refractivity contribution in [2.24, 2.45) is 0 Å². The second-order valence-corrected chi connectivity index (χ2v) is 3.61. The van der Waals surface area contributed by atoms with E-state index in [9.17, 15) is 4.79 Å². The fourth-order valence-corrected chi connectivity index (χ4v) is 1.36. The minimum atomic E-state index is 0.0404. The van der Waals surface area contributed by atoms with Crippen LogP contribution in [0.15, 0.2) is 24.3 Å². The lowest BCUT2D eigenvalue weighted by atomic mass is 10.1. The Morgan fingerprint density at radius 2 is 2.00 bits per heavy atom. The molecule has 0 aromatic heterocycles. The summed E-state index contributed by atoms with van der Waals surface area (Å²) in [5.41, 5.74) is 0.658. The fraction of sp³-hybridized carbons (Fsp3) is 0.417. The third-order valence-corrected chi connectivity index (χ3v) is 2.31. The number of benzene rings is 1. The molecule has 4 heteroatoms. The van der Waals surface area contributed by atoms with E-state index in [2.05, 4.69) is 0 Å². The van der Waals surface area contributed by atoms with Crippen molar-refractivity contribution in [2.75, 3.05) is 33.9 Å². The topological polar surface area (TPSA) is 49.8 Å². The number of carbonyl (C=O) groups excluding carboxylic acids is 1. The SMILES string of the molecule is COc1ccc(C(=O)CN(C)CCO)cc1. The molecule has 0 aliphatic rings. The fourth-order valence-electron chi connectivity index (χ4n) is 1.36. The van der Waals surface area contributed by atoms with Crippen molar-refractivity contribution in [3.63, 3.8) is 0 Å². The van der Waals surface area contributed by atoms with E-state index >= 15 is 0 Å². The van der Waals surface area contributed by atoms with Crippen LogP contribution in [0.5, 0.6) is 5.75 Å². The zero-order valence-electron chi connectivity index (χ0n) is 9.64. The first-order valence-corrected chi connectivity index (χ1v) is 5.14. The summed E-state index contributed by atoms with van der Waals surface area (Å²) < 4.78 is 5.01. The standard InChI is InChI=1S/C12H17NO3/c1-13(7-8-14)9-12(15)10-3-5-11(16-2)6-4-10/h3-6,14H,7-9H2,1-2H3. The summed E-state index contributed by atoms with van der Waals surface area (Å²) in [6.07, 6.45) is 0. The predicted octanol–water partition coefficient (Wildman–Crippen LogP) is 0.802. The Balaban J connectivity index is 2.59. The van der Waals surface area contributed by atoms with Crippen molar-refractivity contribution in [3.8, 4) is 5.75 Å². The van der Waals surface area contributed by atoms with Gasteiger partial charge in [-0.1, -0.05) is 0 Å². The second kappa shape index (κ2) is 6.25. The molecule has 0 aliphatic carbocycles. The Morgan fingerprint density at radius 1 is 1.38 bits per heavy atom. The van der Waals surface area contributed by atoms with E-state index in [0.717, 1.165) is 5.75 Å². The lowest BCUT2D eigenvalue weighted by Crippen LogP contribution is -2.28. The molecule has 1 aromatic carbocycles. The summed E-state index contributed by atoms with van der Waals surface area (Å²) in [5.74, 6) is 0.777. The number of aliphatic hydroxyl groups is 1. The molecule has 1 N–H and O–H groups in total. The van der Waals surface area contributed by atoms with Crippen LogP contribution in [0, 0.1) is 0 Å². The van der Waals surface area contributed by atoms with Crippen LogP contribution in [0.1, 0.15) is 10.4 Å². The van der Waals surface area contributed by atoms with Crippen molar-refractivity contribution in [3.05, 3.63) is 29.8 Å². The van der Waals surface area contributed by atoms with Gasteiger partial charge in [0.2, 0.25) is 0 Å². The van der Waals surface area contributed by atoms with Gasteiger partial charge in [0.1, 0.15) is 5.75 Å². The van der Waals surface area contributed by atoms with E-state index in [1.807, 2.05) is 0 Å². The van der Waals surface area contributed by atoms with Gasteiger partial charge in [-0.2, -0.15) is 0 Å². The molecule has 0 unspecified atom stereocenters. The number of likely N-dealkylation sites (N-methyl/N-ethyl adjacent to an activating group) is 1. The van der Waals surface area contributed by atoms with Gasteiger partial charge in [0.25, 0.3) is 0 Å². The molecular formula is C12H17NO3. The Bertz CT molecular complexity index is 335. The highest BCUT2D eigenvalue weighted by Crippen LogP contribution is 2.11. The lowest BCUT2D eigenvalue weighted by Gasteiger charge is -2.13. The number of rotatable bonds is 6. The van der Waals surface area contributed by atoms with E-state index in [1.165, 1.54) is 0 Å². The van der Waals surface area contributed by atoms with Gasteiger partial charge >= 0.3 is 0 Å². The highest BCUT2D eigenvalue weighted by molar-refractivity contribution is 5.97. The molecule has 4 nitrogen and oxygen atoms in total. The number of ether oxygens (including phenoxy) is 1. The molecule has 16 heavy (non-hydrogen) atoms. The highest BCUT2D eigenvalue weighted by atomic mass is 16.5. The molecule has 0 bridgehead atoms.